The Morgan fingerprint density at radius 1 is 0.438 bits per heavy atom. The fraction of sp³-hybridized carbons (Fsp3) is 0.317. The summed E-state index contributed by atoms with van der Waals surface area (Å²) in [5.74, 6) is 0. The average Bonchev–Trinajstić information content (AvgIpc) is 1.68. The Labute approximate surface area is 533 Å². The number of nitrogens with zero attached hydrogens (tertiary/aromatic N) is 4. The number of para-hydroxylation sites is 1. The summed E-state index contributed by atoms with van der Waals surface area (Å²) in [7, 11) is 0. The lowest BCUT2D eigenvalue weighted by molar-refractivity contribution is 0.590. The molecular weight excluding hydrogens is 1100 g/mol. The van der Waals surface area contributed by atoms with Crippen LogP contribution in [0, 0.1) is 0 Å². The molecule has 0 atom stereocenters. The van der Waals surface area contributed by atoms with Crippen LogP contribution in [0.5, 0.6) is 0 Å². The van der Waals surface area contributed by atoms with E-state index in [1.165, 1.54) is 92.3 Å². The minimum atomic E-state index is -0.106. The molecule has 450 valence electrons. The lowest BCUT2D eigenvalue weighted by atomic mass is 9.36. The highest BCUT2D eigenvalue weighted by Gasteiger charge is 2.46. The van der Waals surface area contributed by atoms with Gasteiger partial charge in [-0.2, -0.15) is 0 Å². The quantitative estimate of drug-likeness (QED) is 0.155. The Hall–Kier alpha value is -8.00. The zero-order valence-electron chi connectivity index (χ0n) is 56.1. The van der Waals surface area contributed by atoms with Gasteiger partial charge in [-0.25, -0.2) is 0 Å². The number of aromatic nitrogens is 1. The van der Waals surface area contributed by atoms with Gasteiger partial charge < -0.3 is 23.7 Å². The van der Waals surface area contributed by atoms with Crippen molar-refractivity contribution in [2.75, 3.05) is 21.2 Å². The Kier molecular flexibility index (Phi) is 13.2. The topological polar surface area (TPSA) is 27.8 Å². The summed E-state index contributed by atoms with van der Waals surface area (Å²) in [6.45, 7) is 44.9. The second kappa shape index (κ2) is 20.0. The third-order valence-electron chi connectivity index (χ3n) is 19.5. The molecular formula is C82H87BN4OS. The van der Waals surface area contributed by atoms with Crippen molar-refractivity contribution in [2.24, 2.45) is 0 Å². The van der Waals surface area contributed by atoms with Crippen LogP contribution in [0.1, 0.15) is 165 Å². The van der Waals surface area contributed by atoms with Gasteiger partial charge >= 0.3 is 0 Å². The molecule has 0 saturated heterocycles. The van der Waals surface area contributed by atoms with E-state index in [4.69, 9.17) is 4.42 Å². The van der Waals surface area contributed by atoms with Crippen molar-refractivity contribution in [3.8, 4) is 5.69 Å². The molecule has 89 heavy (non-hydrogen) atoms. The van der Waals surface area contributed by atoms with Crippen molar-refractivity contribution in [1.82, 2.24) is 4.57 Å². The van der Waals surface area contributed by atoms with E-state index < -0.39 is 0 Å². The molecule has 0 amide bonds. The summed E-state index contributed by atoms with van der Waals surface area (Å²) in [5.41, 5.74) is 24.7. The molecule has 0 fully saturated rings. The summed E-state index contributed by atoms with van der Waals surface area (Å²) in [5, 5.41) is 6.03. The highest BCUT2D eigenvalue weighted by molar-refractivity contribution is 7.33. The van der Waals surface area contributed by atoms with Gasteiger partial charge in [-0.05, 0) is 181 Å². The second-order valence-electron chi connectivity index (χ2n) is 31.8. The minimum Gasteiger partial charge on any atom is -0.454 e. The molecule has 2 aliphatic rings. The highest BCUT2D eigenvalue weighted by Crippen LogP contribution is 2.53. The van der Waals surface area contributed by atoms with E-state index in [9.17, 15) is 0 Å². The number of anilines is 8. The molecule has 9 aromatic carbocycles. The van der Waals surface area contributed by atoms with Gasteiger partial charge in [0.2, 0.25) is 0 Å². The van der Waals surface area contributed by atoms with Gasteiger partial charge in [0.25, 0.3) is 6.71 Å². The lowest BCUT2D eigenvalue weighted by Gasteiger charge is -2.43. The van der Waals surface area contributed by atoms with Crippen LogP contribution in [-0.4, -0.2) is 17.8 Å². The van der Waals surface area contributed by atoms with Crippen molar-refractivity contribution in [3.05, 3.63) is 203 Å². The fourth-order valence-corrected chi connectivity index (χ4v) is 15.6. The first-order valence-electron chi connectivity index (χ1n) is 32.4. The molecule has 7 heteroatoms. The van der Waals surface area contributed by atoms with Crippen LogP contribution >= 0.6 is 11.3 Å². The summed E-state index contributed by atoms with van der Waals surface area (Å²) < 4.78 is 12.8. The summed E-state index contributed by atoms with van der Waals surface area (Å²) in [4.78, 5) is 7.73. The largest absolute Gasteiger partial charge is 0.454 e. The van der Waals surface area contributed by atoms with Gasteiger partial charge in [-0.15, -0.1) is 11.3 Å². The molecule has 0 unspecified atom stereocenters. The van der Waals surface area contributed by atoms with Crippen LogP contribution in [0.3, 0.4) is 0 Å². The van der Waals surface area contributed by atoms with Gasteiger partial charge in [0.1, 0.15) is 5.58 Å². The maximum Gasteiger partial charge on any atom is 0.264 e. The number of benzene rings is 9. The van der Waals surface area contributed by atoms with E-state index in [1.807, 2.05) is 11.3 Å². The van der Waals surface area contributed by atoms with Crippen LogP contribution in [0.4, 0.5) is 45.5 Å². The number of thiophene rings is 1. The van der Waals surface area contributed by atoms with Crippen LogP contribution in [0.2, 0.25) is 0 Å². The molecule has 5 heterocycles. The van der Waals surface area contributed by atoms with E-state index in [2.05, 4.69) is 321 Å². The van der Waals surface area contributed by atoms with Crippen molar-refractivity contribution < 1.29 is 4.42 Å². The molecule has 12 aromatic rings. The maximum atomic E-state index is 7.52. The standard InChI is InChI=1S/C82H87BN4OS/c1-20-84-68-47-57(86-63-37-29-51(79(8,9)10)43-59(63)60-44-52(80(11,12)13)30-38-64(60)86)48-69-73(68)83(76-74(84)61-45-53(81(14,15)16)32-42-71(61)89-76)62-46-54(82(17,18)19)31-39-65(62)87(69)67-41-40-66(72-58-23-21-22-24-70(58)88-75(67)72)85(55-33-25-49(26-34-55)77(2,3)4)56-35-27-50(28-36-56)78(5,6)7/h21-48H,20H2,1-19H3. The normalized spacial score (nSPS) is 14.0. The number of hydrogen-bond donors (Lipinski definition) is 0. The summed E-state index contributed by atoms with van der Waals surface area (Å²) in [6.07, 6.45) is 0. The predicted octanol–water partition coefficient (Wildman–Crippen LogP) is 21.9. The molecule has 2 aliphatic heterocycles. The van der Waals surface area contributed by atoms with Crippen molar-refractivity contribution >= 4 is 133 Å². The van der Waals surface area contributed by atoms with Crippen LogP contribution in [0.15, 0.2) is 174 Å². The molecule has 5 nitrogen and oxygen atoms in total. The van der Waals surface area contributed by atoms with Gasteiger partial charge in [-0.1, -0.05) is 197 Å². The smallest absolute Gasteiger partial charge is 0.264 e. The highest BCUT2D eigenvalue weighted by atomic mass is 32.1. The van der Waals surface area contributed by atoms with Gasteiger partial charge in [0.05, 0.1) is 39.2 Å². The maximum absolute atomic E-state index is 7.52. The Morgan fingerprint density at radius 3 is 1.45 bits per heavy atom. The molecule has 3 aromatic heterocycles. The van der Waals surface area contributed by atoms with Crippen LogP contribution in [-0.2, 0) is 32.5 Å². The monoisotopic (exact) mass is 1190 g/mol. The van der Waals surface area contributed by atoms with Crippen molar-refractivity contribution in [1.29, 1.82) is 0 Å². The molecule has 0 spiro atoms. The van der Waals surface area contributed by atoms with E-state index in [1.54, 1.807) is 0 Å². The van der Waals surface area contributed by atoms with Crippen LogP contribution in [0.25, 0.3) is 59.5 Å². The van der Waals surface area contributed by atoms with Gasteiger partial charge in [0, 0.05) is 66.0 Å². The van der Waals surface area contributed by atoms with Crippen molar-refractivity contribution in [2.45, 2.75) is 164 Å². The molecule has 0 bridgehead atoms. The number of rotatable bonds is 6. The average molecular weight is 1190 g/mol. The van der Waals surface area contributed by atoms with E-state index >= 15 is 0 Å². The summed E-state index contributed by atoms with van der Waals surface area (Å²) in [6, 6.07) is 66.1. The number of hydrogen-bond acceptors (Lipinski definition) is 5. The number of furan rings is 1. The SMILES string of the molecule is CCN1c2cc(-n3c4ccc(C(C)(C)C)cc4c4cc(C(C)(C)C)ccc43)cc3c2B(c2cc(C(C)(C)C)ccc2N3c2ccc(N(c3ccc(C(C)(C)C)cc3)c3ccc(C(C)(C)C)cc3)c3c2oc2ccccc23)c2sc3ccc(C(C)(C)C)cc3c21. The fourth-order valence-electron chi connectivity index (χ4n) is 14.2. The first-order valence-corrected chi connectivity index (χ1v) is 33.2. The van der Waals surface area contributed by atoms with E-state index in [-0.39, 0.29) is 39.2 Å². The van der Waals surface area contributed by atoms with Gasteiger partial charge in [0.15, 0.2) is 5.58 Å². The Morgan fingerprint density at radius 2 is 0.910 bits per heavy atom. The first kappa shape index (κ1) is 58.7. The van der Waals surface area contributed by atoms with Gasteiger partial charge in [-0.3, -0.25) is 0 Å². The molecule has 0 radical (unpaired) electrons. The zero-order chi connectivity index (χ0) is 63.0. The Balaban J connectivity index is 1.11. The predicted molar refractivity (Wildman–Crippen MR) is 389 cm³/mol. The molecule has 0 saturated carbocycles. The van der Waals surface area contributed by atoms with E-state index in [0.29, 0.717) is 0 Å². The molecule has 14 rings (SSSR count). The number of fused-ring (bicyclic) bond motifs is 12. The Bertz CT molecular complexity index is 4710. The minimum absolute atomic E-state index is 0.00309. The second-order valence-corrected chi connectivity index (χ2v) is 32.9. The first-order chi connectivity index (χ1) is 41.9. The molecule has 0 N–H and O–H groups in total. The lowest BCUT2D eigenvalue weighted by Crippen LogP contribution is -2.61. The van der Waals surface area contributed by atoms with Crippen molar-refractivity contribution in [3.63, 3.8) is 0 Å². The van der Waals surface area contributed by atoms with E-state index in [0.717, 1.165) is 68.3 Å². The molecule has 0 aliphatic carbocycles. The zero-order valence-corrected chi connectivity index (χ0v) is 56.9. The third kappa shape index (κ3) is 9.53. The van der Waals surface area contributed by atoms with Crippen LogP contribution < -0.4 is 30.4 Å². The third-order valence-corrected chi connectivity index (χ3v) is 20.7. The summed E-state index contributed by atoms with van der Waals surface area (Å²) >= 11 is 1.98.